The lowest BCUT2D eigenvalue weighted by Gasteiger charge is -2.16. The van der Waals surface area contributed by atoms with Gasteiger partial charge in [0.05, 0.1) is 0 Å². The van der Waals surface area contributed by atoms with E-state index in [2.05, 4.69) is 51.2 Å². The van der Waals surface area contributed by atoms with E-state index in [9.17, 15) is 4.79 Å². The molecule has 4 rings (SSSR count). The van der Waals surface area contributed by atoms with Crippen molar-refractivity contribution < 1.29 is 4.79 Å². The van der Waals surface area contributed by atoms with Crippen molar-refractivity contribution in [3.63, 3.8) is 0 Å². The molecule has 1 N–H and O–H groups in total. The van der Waals surface area contributed by atoms with E-state index in [0.717, 1.165) is 32.2 Å². The standard InChI is InChI=1S/C23H18BrNO/c24-19-12-10-16(11-13-19)20(15-23(26)17-6-2-1-3-7-17)22-14-18-8-4-5-9-21(18)25-22/h1-14,20,25H,15H2/t20-/m0/s1. The van der Waals surface area contributed by atoms with Gasteiger partial charge in [0.2, 0.25) is 0 Å². The van der Waals surface area contributed by atoms with Crippen molar-refractivity contribution in [2.24, 2.45) is 0 Å². The summed E-state index contributed by atoms with van der Waals surface area (Å²) in [4.78, 5) is 16.4. The molecule has 3 aromatic carbocycles. The first kappa shape index (κ1) is 16.8. The topological polar surface area (TPSA) is 32.9 Å². The summed E-state index contributed by atoms with van der Waals surface area (Å²) >= 11 is 3.49. The number of hydrogen-bond acceptors (Lipinski definition) is 1. The number of para-hydroxylation sites is 1. The lowest BCUT2D eigenvalue weighted by molar-refractivity contribution is 0.0977. The lowest BCUT2D eigenvalue weighted by atomic mass is 9.89. The number of carbonyl (C=O) groups is 1. The van der Waals surface area contributed by atoms with E-state index in [1.54, 1.807) is 0 Å². The van der Waals surface area contributed by atoms with Gasteiger partial charge in [-0.25, -0.2) is 0 Å². The zero-order valence-corrected chi connectivity index (χ0v) is 15.7. The van der Waals surface area contributed by atoms with Crippen molar-refractivity contribution in [1.29, 1.82) is 0 Å². The van der Waals surface area contributed by atoms with Crippen LogP contribution < -0.4 is 0 Å². The highest BCUT2D eigenvalue weighted by atomic mass is 79.9. The van der Waals surface area contributed by atoms with Gasteiger partial charge in [-0.05, 0) is 35.2 Å². The fourth-order valence-electron chi connectivity index (χ4n) is 3.31. The van der Waals surface area contributed by atoms with Gasteiger partial charge in [0.15, 0.2) is 5.78 Å². The minimum absolute atomic E-state index is 0.0109. The maximum Gasteiger partial charge on any atom is 0.163 e. The first-order valence-corrected chi connectivity index (χ1v) is 9.41. The summed E-state index contributed by atoms with van der Waals surface area (Å²) in [5, 5.41) is 1.16. The van der Waals surface area contributed by atoms with E-state index >= 15 is 0 Å². The van der Waals surface area contributed by atoms with Crippen LogP contribution in [0.3, 0.4) is 0 Å². The van der Waals surface area contributed by atoms with Crippen LogP contribution >= 0.6 is 15.9 Å². The van der Waals surface area contributed by atoms with Crippen LogP contribution in [-0.4, -0.2) is 10.8 Å². The van der Waals surface area contributed by atoms with E-state index < -0.39 is 0 Å². The smallest absolute Gasteiger partial charge is 0.163 e. The second kappa shape index (κ2) is 7.30. The number of benzene rings is 3. The third-order valence-corrected chi connectivity index (χ3v) is 5.21. The normalized spacial score (nSPS) is 12.2. The third kappa shape index (κ3) is 3.49. The maximum atomic E-state index is 12.9. The number of aromatic nitrogens is 1. The Hall–Kier alpha value is -2.65. The molecule has 0 aliphatic rings. The predicted octanol–water partition coefficient (Wildman–Crippen LogP) is 6.34. The maximum absolute atomic E-state index is 12.9. The minimum atomic E-state index is -0.0109. The molecule has 1 aromatic heterocycles. The predicted molar refractivity (Wildman–Crippen MR) is 110 cm³/mol. The molecule has 0 radical (unpaired) electrons. The highest BCUT2D eigenvalue weighted by molar-refractivity contribution is 9.10. The Bertz CT molecular complexity index is 1000. The molecule has 0 spiro atoms. The Balaban J connectivity index is 1.74. The lowest BCUT2D eigenvalue weighted by Crippen LogP contribution is -2.09. The number of hydrogen-bond donors (Lipinski definition) is 1. The van der Waals surface area contributed by atoms with Gasteiger partial charge in [-0.15, -0.1) is 0 Å². The van der Waals surface area contributed by atoms with Gasteiger partial charge < -0.3 is 4.98 Å². The van der Waals surface area contributed by atoms with Crippen molar-refractivity contribution in [2.45, 2.75) is 12.3 Å². The van der Waals surface area contributed by atoms with Gasteiger partial charge in [-0.2, -0.15) is 0 Å². The molecule has 26 heavy (non-hydrogen) atoms. The highest BCUT2D eigenvalue weighted by Crippen LogP contribution is 2.32. The van der Waals surface area contributed by atoms with E-state index in [4.69, 9.17) is 0 Å². The number of rotatable bonds is 5. The minimum Gasteiger partial charge on any atom is -0.358 e. The number of carbonyl (C=O) groups excluding carboxylic acids is 1. The SMILES string of the molecule is O=C(C[C@@H](c1ccc(Br)cc1)c1cc2ccccc2[nH]1)c1ccccc1. The van der Waals surface area contributed by atoms with Crippen molar-refractivity contribution in [1.82, 2.24) is 4.98 Å². The van der Waals surface area contributed by atoms with E-state index in [0.29, 0.717) is 6.42 Å². The molecule has 0 bridgehead atoms. The average Bonchev–Trinajstić information content (AvgIpc) is 3.11. The number of aromatic amines is 1. The Morgan fingerprint density at radius 3 is 2.31 bits per heavy atom. The van der Waals surface area contributed by atoms with Crippen molar-refractivity contribution in [3.8, 4) is 0 Å². The van der Waals surface area contributed by atoms with Gasteiger partial charge in [-0.1, -0.05) is 76.6 Å². The molecule has 0 aliphatic heterocycles. The molecule has 4 aromatic rings. The molecular formula is C23H18BrNO. The monoisotopic (exact) mass is 403 g/mol. The zero-order chi connectivity index (χ0) is 17.9. The summed E-state index contributed by atoms with van der Waals surface area (Å²) in [7, 11) is 0. The number of halogens is 1. The zero-order valence-electron chi connectivity index (χ0n) is 14.2. The molecule has 3 heteroatoms. The number of Topliss-reactive ketones (excluding diaryl/α,β-unsaturated/α-hetero) is 1. The molecule has 1 heterocycles. The van der Waals surface area contributed by atoms with Crippen LogP contribution in [0.2, 0.25) is 0 Å². The summed E-state index contributed by atoms with van der Waals surface area (Å²) in [5.74, 6) is 0.139. The van der Waals surface area contributed by atoms with Crippen LogP contribution in [-0.2, 0) is 0 Å². The molecule has 0 saturated heterocycles. The number of ketones is 1. The molecule has 0 amide bonds. The second-order valence-electron chi connectivity index (χ2n) is 6.41. The summed E-state index contributed by atoms with van der Waals surface area (Å²) in [6.45, 7) is 0. The molecule has 2 nitrogen and oxygen atoms in total. The summed E-state index contributed by atoms with van der Waals surface area (Å²) < 4.78 is 1.03. The third-order valence-electron chi connectivity index (χ3n) is 4.68. The van der Waals surface area contributed by atoms with Crippen LogP contribution in [0, 0.1) is 0 Å². The number of nitrogens with one attached hydrogen (secondary N) is 1. The Kier molecular flexibility index (Phi) is 4.72. The van der Waals surface area contributed by atoms with Crippen LogP contribution in [0.1, 0.15) is 34.0 Å². The van der Waals surface area contributed by atoms with Crippen LogP contribution in [0.5, 0.6) is 0 Å². The molecule has 0 fully saturated rings. The van der Waals surface area contributed by atoms with Gasteiger partial charge in [0, 0.05) is 33.6 Å². The first-order chi connectivity index (χ1) is 12.7. The molecule has 0 unspecified atom stereocenters. The molecule has 0 saturated carbocycles. The fourth-order valence-corrected chi connectivity index (χ4v) is 3.58. The molecule has 128 valence electrons. The number of H-pyrrole nitrogens is 1. The average molecular weight is 404 g/mol. The van der Waals surface area contributed by atoms with E-state index in [1.807, 2.05) is 54.6 Å². The summed E-state index contributed by atoms with van der Waals surface area (Å²) in [6, 6.07) is 28.1. The van der Waals surface area contributed by atoms with Crippen molar-refractivity contribution >= 4 is 32.6 Å². The Morgan fingerprint density at radius 1 is 0.885 bits per heavy atom. The highest BCUT2D eigenvalue weighted by Gasteiger charge is 2.21. The summed E-state index contributed by atoms with van der Waals surface area (Å²) in [6.07, 6.45) is 0.429. The summed E-state index contributed by atoms with van der Waals surface area (Å²) in [5.41, 5.74) is 4.05. The largest absolute Gasteiger partial charge is 0.358 e. The van der Waals surface area contributed by atoms with Crippen LogP contribution in [0.4, 0.5) is 0 Å². The van der Waals surface area contributed by atoms with E-state index in [1.165, 1.54) is 0 Å². The fraction of sp³-hybridized carbons (Fsp3) is 0.0870. The molecular weight excluding hydrogens is 386 g/mol. The van der Waals surface area contributed by atoms with Gasteiger partial charge >= 0.3 is 0 Å². The van der Waals surface area contributed by atoms with Gasteiger partial charge in [0.25, 0.3) is 0 Å². The Labute approximate surface area is 161 Å². The quantitative estimate of drug-likeness (QED) is 0.387. The Morgan fingerprint density at radius 2 is 1.58 bits per heavy atom. The molecule has 1 atom stereocenters. The van der Waals surface area contributed by atoms with Crippen molar-refractivity contribution in [3.05, 3.63) is 106 Å². The first-order valence-electron chi connectivity index (χ1n) is 8.62. The van der Waals surface area contributed by atoms with Gasteiger partial charge in [-0.3, -0.25) is 4.79 Å². The van der Waals surface area contributed by atoms with Crippen LogP contribution in [0.15, 0.2) is 89.4 Å². The molecule has 0 aliphatic carbocycles. The van der Waals surface area contributed by atoms with Gasteiger partial charge in [0.1, 0.15) is 0 Å². The van der Waals surface area contributed by atoms with E-state index in [-0.39, 0.29) is 11.7 Å². The van der Waals surface area contributed by atoms with Crippen LogP contribution in [0.25, 0.3) is 10.9 Å². The second-order valence-corrected chi connectivity index (χ2v) is 7.33. The van der Waals surface area contributed by atoms with Crippen molar-refractivity contribution in [2.75, 3.05) is 0 Å². The number of fused-ring (bicyclic) bond motifs is 1.